The molecule has 8 heteroatoms. The predicted octanol–water partition coefficient (Wildman–Crippen LogP) is 3.44. The molecular weight excluding hydrogens is 519 g/mol. The topological polar surface area (TPSA) is 75.2 Å². The molecule has 1 atom stereocenters. The number of hydrogen-bond acceptors (Lipinski definition) is 4. The predicted molar refractivity (Wildman–Crippen MR) is 139 cm³/mol. The third kappa shape index (κ3) is 9.23. The van der Waals surface area contributed by atoms with Crippen LogP contribution in [0.25, 0.3) is 0 Å². The summed E-state index contributed by atoms with van der Waals surface area (Å²) in [6.45, 7) is 7.76. The molecule has 0 bridgehead atoms. The van der Waals surface area contributed by atoms with E-state index in [1.807, 2.05) is 30.3 Å². The maximum absolute atomic E-state index is 12.1. The summed E-state index contributed by atoms with van der Waals surface area (Å²) in [7, 11) is 0. The Labute approximate surface area is 209 Å². The molecule has 7 nitrogen and oxygen atoms in total. The molecule has 1 aromatic carbocycles. The zero-order valence-electron chi connectivity index (χ0n) is 19.3. The van der Waals surface area contributed by atoms with E-state index in [0.717, 1.165) is 64.5 Å². The van der Waals surface area contributed by atoms with E-state index in [2.05, 4.69) is 22.5 Å². The van der Waals surface area contributed by atoms with Gasteiger partial charge in [-0.05, 0) is 57.6 Å². The lowest BCUT2D eigenvalue weighted by atomic mass is 10.1. The smallest absolute Gasteiger partial charge is 0.251 e. The molecule has 2 aliphatic heterocycles. The van der Waals surface area contributed by atoms with Crippen molar-refractivity contribution in [3.05, 3.63) is 35.9 Å². The number of hydrogen-bond donors (Lipinski definition) is 2. The van der Waals surface area contributed by atoms with Crippen molar-refractivity contribution in [2.45, 2.75) is 57.7 Å². The summed E-state index contributed by atoms with van der Waals surface area (Å²) in [6, 6.07) is 9.31. The summed E-state index contributed by atoms with van der Waals surface area (Å²) < 4.78 is 11.9. The molecule has 1 amide bonds. The molecule has 32 heavy (non-hydrogen) atoms. The molecule has 1 unspecified atom stereocenters. The third-order valence-corrected chi connectivity index (χ3v) is 5.79. The zero-order valence-corrected chi connectivity index (χ0v) is 21.6. The second kappa shape index (κ2) is 15.4. The third-order valence-electron chi connectivity index (χ3n) is 5.79. The molecule has 0 radical (unpaired) electrons. The Morgan fingerprint density at radius 2 is 1.94 bits per heavy atom. The van der Waals surface area contributed by atoms with E-state index in [1.54, 1.807) is 0 Å². The molecule has 1 aromatic rings. The lowest BCUT2D eigenvalue weighted by Crippen LogP contribution is -2.47. The Morgan fingerprint density at radius 3 is 2.62 bits per heavy atom. The van der Waals surface area contributed by atoms with Gasteiger partial charge in [0.2, 0.25) is 0 Å². The molecular formula is C24H39IN4O3. The first-order valence-corrected chi connectivity index (χ1v) is 11.9. The van der Waals surface area contributed by atoms with Gasteiger partial charge in [0.25, 0.3) is 5.91 Å². The van der Waals surface area contributed by atoms with Crippen molar-refractivity contribution in [3.8, 4) is 0 Å². The van der Waals surface area contributed by atoms with Crippen molar-refractivity contribution in [1.29, 1.82) is 0 Å². The lowest BCUT2D eigenvalue weighted by molar-refractivity contribution is -0.0721. The van der Waals surface area contributed by atoms with Crippen molar-refractivity contribution in [1.82, 2.24) is 15.5 Å². The van der Waals surface area contributed by atoms with E-state index >= 15 is 0 Å². The Balaban J connectivity index is 0.00000363. The zero-order chi connectivity index (χ0) is 21.7. The summed E-state index contributed by atoms with van der Waals surface area (Å²) in [5.41, 5.74) is 0.694. The Bertz CT molecular complexity index is 675. The highest BCUT2D eigenvalue weighted by molar-refractivity contribution is 14.0. The number of nitrogens with one attached hydrogen (secondary N) is 2. The number of piperidine rings is 1. The van der Waals surface area contributed by atoms with Gasteiger partial charge in [-0.15, -0.1) is 24.0 Å². The number of carbonyl (C=O) groups is 1. The highest BCUT2D eigenvalue weighted by Gasteiger charge is 2.23. The lowest BCUT2D eigenvalue weighted by Gasteiger charge is -2.35. The van der Waals surface area contributed by atoms with E-state index in [9.17, 15) is 4.79 Å². The van der Waals surface area contributed by atoms with Crippen molar-refractivity contribution >= 4 is 35.8 Å². The standard InChI is InChI=1S/C24H38N4O3.HI/c1-2-25-24(27-15-8-14-26-23(29)20-9-4-3-5-10-20)28-16-12-21(13-17-28)31-19-22-11-6-7-18-30-22;/h3-5,9-10,21-22H,2,6-8,11-19H2,1H3,(H,25,27)(H,26,29);1H. The molecule has 2 N–H and O–H groups in total. The number of carbonyl (C=O) groups excluding carboxylic acids is 1. The highest BCUT2D eigenvalue weighted by atomic mass is 127. The Morgan fingerprint density at radius 1 is 1.16 bits per heavy atom. The van der Waals surface area contributed by atoms with E-state index in [1.165, 1.54) is 12.8 Å². The SMILES string of the molecule is CCNC(=NCCCNC(=O)c1ccccc1)N1CCC(OCC2CCCCO2)CC1.I. The second-order valence-electron chi connectivity index (χ2n) is 8.22. The van der Waals surface area contributed by atoms with Crippen LogP contribution in [0.2, 0.25) is 0 Å². The van der Waals surface area contributed by atoms with Crippen LogP contribution in [0, 0.1) is 0 Å². The molecule has 0 aromatic heterocycles. The molecule has 3 rings (SSSR count). The molecule has 2 saturated heterocycles. The van der Waals surface area contributed by atoms with Crippen LogP contribution in [-0.4, -0.2) is 74.9 Å². The van der Waals surface area contributed by atoms with Crippen molar-refractivity contribution in [2.24, 2.45) is 4.99 Å². The minimum Gasteiger partial charge on any atom is -0.376 e. The number of ether oxygens (including phenoxy) is 2. The maximum atomic E-state index is 12.1. The van der Waals surface area contributed by atoms with Crippen LogP contribution in [0.4, 0.5) is 0 Å². The van der Waals surface area contributed by atoms with Gasteiger partial charge in [-0.3, -0.25) is 9.79 Å². The van der Waals surface area contributed by atoms with Crippen molar-refractivity contribution in [3.63, 3.8) is 0 Å². The van der Waals surface area contributed by atoms with Crippen LogP contribution >= 0.6 is 24.0 Å². The van der Waals surface area contributed by atoms with Gasteiger partial charge in [-0.2, -0.15) is 0 Å². The van der Waals surface area contributed by atoms with Crippen molar-refractivity contribution < 1.29 is 14.3 Å². The van der Waals surface area contributed by atoms with E-state index < -0.39 is 0 Å². The van der Waals surface area contributed by atoms with Gasteiger partial charge in [0, 0.05) is 44.9 Å². The van der Waals surface area contributed by atoms with E-state index in [-0.39, 0.29) is 36.0 Å². The number of rotatable bonds is 9. The molecule has 0 aliphatic carbocycles. The molecule has 2 heterocycles. The number of likely N-dealkylation sites (tertiary alicyclic amines) is 1. The maximum Gasteiger partial charge on any atom is 0.251 e. The monoisotopic (exact) mass is 558 g/mol. The summed E-state index contributed by atoms with van der Waals surface area (Å²) in [4.78, 5) is 19.2. The van der Waals surface area contributed by atoms with Gasteiger partial charge in [0.05, 0.1) is 18.8 Å². The molecule has 2 fully saturated rings. The fraction of sp³-hybridized carbons (Fsp3) is 0.667. The Hall–Kier alpha value is -1.39. The number of guanidine groups is 1. The fourth-order valence-electron chi connectivity index (χ4n) is 4.00. The highest BCUT2D eigenvalue weighted by Crippen LogP contribution is 2.18. The molecule has 0 saturated carbocycles. The minimum atomic E-state index is -0.0304. The largest absolute Gasteiger partial charge is 0.376 e. The van der Waals surface area contributed by atoms with Gasteiger partial charge in [0.15, 0.2) is 5.96 Å². The van der Waals surface area contributed by atoms with Crippen LogP contribution in [0.15, 0.2) is 35.3 Å². The number of aliphatic imine (C=N–C) groups is 1. The first-order valence-electron chi connectivity index (χ1n) is 11.9. The number of amides is 1. The molecule has 0 spiro atoms. The van der Waals surface area contributed by atoms with Gasteiger partial charge in [0.1, 0.15) is 0 Å². The van der Waals surface area contributed by atoms with Crippen LogP contribution < -0.4 is 10.6 Å². The number of benzene rings is 1. The van der Waals surface area contributed by atoms with E-state index in [0.29, 0.717) is 24.8 Å². The second-order valence-corrected chi connectivity index (χ2v) is 8.22. The fourth-order valence-corrected chi connectivity index (χ4v) is 4.00. The molecule has 2 aliphatic rings. The summed E-state index contributed by atoms with van der Waals surface area (Å²) >= 11 is 0. The van der Waals surface area contributed by atoms with Crippen LogP contribution in [0.1, 0.15) is 55.8 Å². The van der Waals surface area contributed by atoms with Crippen molar-refractivity contribution in [2.75, 3.05) is 45.9 Å². The average Bonchev–Trinajstić information content (AvgIpc) is 2.83. The Kier molecular flexibility index (Phi) is 13.0. The van der Waals surface area contributed by atoms with Gasteiger partial charge in [-0.25, -0.2) is 0 Å². The van der Waals surface area contributed by atoms with Crippen LogP contribution in [-0.2, 0) is 9.47 Å². The first kappa shape index (κ1) is 26.9. The van der Waals surface area contributed by atoms with Gasteiger partial charge < -0.3 is 25.0 Å². The minimum absolute atomic E-state index is 0. The quantitative estimate of drug-likeness (QED) is 0.210. The van der Waals surface area contributed by atoms with Gasteiger partial charge >= 0.3 is 0 Å². The van der Waals surface area contributed by atoms with Gasteiger partial charge in [-0.1, -0.05) is 18.2 Å². The van der Waals surface area contributed by atoms with Crippen LogP contribution in [0.3, 0.4) is 0 Å². The number of nitrogens with zero attached hydrogens (tertiary/aromatic N) is 2. The normalized spacial score (nSPS) is 19.8. The molecule has 180 valence electrons. The number of halogens is 1. The first-order chi connectivity index (χ1) is 15.3. The van der Waals surface area contributed by atoms with E-state index in [4.69, 9.17) is 14.5 Å². The summed E-state index contributed by atoms with van der Waals surface area (Å²) in [5.74, 6) is 0.933. The average molecular weight is 559 g/mol. The summed E-state index contributed by atoms with van der Waals surface area (Å²) in [6.07, 6.45) is 7.02. The van der Waals surface area contributed by atoms with Crippen LogP contribution in [0.5, 0.6) is 0 Å². The summed E-state index contributed by atoms with van der Waals surface area (Å²) in [5, 5.41) is 6.37.